The third kappa shape index (κ3) is 3.80. The SMILES string of the molecule is Nc1nccn2c(C3CCC(O)CC3)nc(-c3ccc(C(=O)Nc4ccccn4)cc3)c12. The molecule has 1 aromatic carbocycles. The molecular formula is C24H24N6O2. The van der Waals surface area contributed by atoms with E-state index >= 15 is 0 Å². The first kappa shape index (κ1) is 20.1. The summed E-state index contributed by atoms with van der Waals surface area (Å²) in [7, 11) is 0. The maximum absolute atomic E-state index is 12.5. The molecule has 3 heterocycles. The van der Waals surface area contributed by atoms with Gasteiger partial charge in [0.25, 0.3) is 5.91 Å². The lowest BCUT2D eigenvalue weighted by Gasteiger charge is -2.24. The molecule has 0 bridgehead atoms. The summed E-state index contributed by atoms with van der Waals surface area (Å²) in [6.07, 6.45) is 8.28. The van der Waals surface area contributed by atoms with Crippen molar-refractivity contribution in [3.63, 3.8) is 0 Å². The van der Waals surface area contributed by atoms with E-state index in [1.54, 1.807) is 36.7 Å². The Morgan fingerprint density at radius 1 is 1.03 bits per heavy atom. The topological polar surface area (TPSA) is 118 Å². The summed E-state index contributed by atoms with van der Waals surface area (Å²) in [5, 5.41) is 12.7. The number of benzene rings is 1. The molecule has 8 nitrogen and oxygen atoms in total. The number of hydrogen-bond acceptors (Lipinski definition) is 6. The van der Waals surface area contributed by atoms with Gasteiger partial charge in [0.1, 0.15) is 28.7 Å². The Bertz CT molecular complexity index is 1240. The van der Waals surface area contributed by atoms with Crippen LogP contribution in [0.1, 0.15) is 47.8 Å². The Hall–Kier alpha value is -3.78. The number of anilines is 2. The number of aliphatic hydroxyl groups excluding tert-OH is 1. The van der Waals surface area contributed by atoms with Gasteiger partial charge in [-0.2, -0.15) is 0 Å². The van der Waals surface area contributed by atoms with E-state index < -0.39 is 0 Å². The summed E-state index contributed by atoms with van der Waals surface area (Å²) < 4.78 is 2.02. The summed E-state index contributed by atoms with van der Waals surface area (Å²) in [5.41, 5.74) is 9.13. The van der Waals surface area contributed by atoms with E-state index in [-0.39, 0.29) is 17.9 Å². The zero-order valence-electron chi connectivity index (χ0n) is 17.5. The minimum Gasteiger partial charge on any atom is -0.393 e. The van der Waals surface area contributed by atoms with Gasteiger partial charge >= 0.3 is 0 Å². The first-order chi connectivity index (χ1) is 15.6. The summed E-state index contributed by atoms with van der Waals surface area (Å²) in [6.45, 7) is 0. The number of carbonyl (C=O) groups excluding carboxylic acids is 1. The second-order valence-corrected chi connectivity index (χ2v) is 8.10. The standard InChI is InChI=1S/C24H24N6O2/c25-22-21-20(29-23(30(21)14-13-27-22)16-8-10-18(31)11-9-16)15-4-6-17(7-5-15)24(32)28-19-3-1-2-12-26-19/h1-7,12-14,16,18,31H,8-11H2,(H2,25,27)(H,26,28,32). The third-order valence-electron chi connectivity index (χ3n) is 6.00. The summed E-state index contributed by atoms with van der Waals surface area (Å²) in [4.78, 5) is 25.9. The molecule has 5 rings (SSSR count). The fraction of sp³-hybridized carbons (Fsp3) is 0.250. The number of nitrogens with two attached hydrogens (primary N) is 1. The largest absolute Gasteiger partial charge is 0.393 e. The number of nitrogen functional groups attached to an aromatic ring is 1. The van der Waals surface area contributed by atoms with Crippen LogP contribution in [0.3, 0.4) is 0 Å². The van der Waals surface area contributed by atoms with Crippen LogP contribution in [-0.4, -0.2) is 36.5 Å². The van der Waals surface area contributed by atoms with Gasteiger partial charge in [-0.3, -0.25) is 9.20 Å². The Kier molecular flexibility index (Phi) is 5.28. The molecule has 0 unspecified atom stereocenters. The Morgan fingerprint density at radius 3 is 2.53 bits per heavy atom. The Morgan fingerprint density at radius 2 is 1.81 bits per heavy atom. The number of aromatic nitrogens is 4. The quantitative estimate of drug-likeness (QED) is 0.457. The second kappa shape index (κ2) is 8.39. The van der Waals surface area contributed by atoms with Gasteiger partial charge in [-0.15, -0.1) is 0 Å². The average molecular weight is 428 g/mol. The van der Waals surface area contributed by atoms with Gasteiger partial charge in [0.05, 0.1) is 6.10 Å². The smallest absolute Gasteiger partial charge is 0.256 e. The fourth-order valence-electron chi connectivity index (χ4n) is 4.32. The van der Waals surface area contributed by atoms with Gasteiger partial charge in [-0.05, 0) is 49.9 Å². The van der Waals surface area contributed by atoms with E-state index in [2.05, 4.69) is 15.3 Å². The van der Waals surface area contributed by atoms with Crippen LogP contribution in [0.4, 0.5) is 11.6 Å². The number of nitrogens with one attached hydrogen (secondary N) is 1. The number of imidazole rings is 1. The molecular weight excluding hydrogens is 404 g/mol. The van der Waals surface area contributed by atoms with Crippen molar-refractivity contribution in [1.29, 1.82) is 0 Å². The second-order valence-electron chi connectivity index (χ2n) is 8.10. The molecule has 0 aliphatic heterocycles. The van der Waals surface area contributed by atoms with Crippen LogP contribution in [0.25, 0.3) is 16.8 Å². The predicted octanol–water partition coefficient (Wildman–Crippen LogP) is 3.64. The number of amides is 1. The highest BCUT2D eigenvalue weighted by molar-refractivity contribution is 6.04. The van der Waals surface area contributed by atoms with Gasteiger partial charge in [-0.25, -0.2) is 15.0 Å². The molecule has 0 spiro atoms. The number of fused-ring (bicyclic) bond motifs is 1. The number of aliphatic hydroxyl groups is 1. The third-order valence-corrected chi connectivity index (χ3v) is 6.00. The molecule has 0 atom stereocenters. The van der Waals surface area contributed by atoms with E-state index in [1.165, 1.54) is 0 Å². The summed E-state index contributed by atoms with van der Waals surface area (Å²) >= 11 is 0. The molecule has 4 N–H and O–H groups in total. The lowest BCUT2D eigenvalue weighted by molar-refractivity contribution is 0.102. The molecule has 1 aliphatic rings. The summed E-state index contributed by atoms with van der Waals surface area (Å²) in [5.74, 6) is 1.88. The van der Waals surface area contributed by atoms with Crippen LogP contribution in [0, 0.1) is 0 Å². The van der Waals surface area contributed by atoms with Gasteiger partial charge in [0, 0.05) is 35.6 Å². The first-order valence-electron chi connectivity index (χ1n) is 10.7. The van der Waals surface area contributed by atoms with E-state index in [9.17, 15) is 9.90 Å². The minimum absolute atomic E-state index is 0.228. The van der Waals surface area contributed by atoms with E-state index in [0.29, 0.717) is 17.2 Å². The molecule has 1 fully saturated rings. The fourth-order valence-corrected chi connectivity index (χ4v) is 4.32. The highest BCUT2D eigenvalue weighted by Gasteiger charge is 2.26. The van der Waals surface area contributed by atoms with Crippen molar-refractivity contribution in [3.8, 4) is 11.3 Å². The van der Waals surface area contributed by atoms with Crippen LogP contribution in [0.5, 0.6) is 0 Å². The Balaban J connectivity index is 1.47. The Labute approximate surface area is 185 Å². The first-order valence-corrected chi connectivity index (χ1v) is 10.7. The predicted molar refractivity (Wildman–Crippen MR) is 122 cm³/mol. The monoisotopic (exact) mass is 428 g/mol. The van der Waals surface area contributed by atoms with Gasteiger partial charge < -0.3 is 16.2 Å². The molecule has 1 amide bonds. The normalized spacial score (nSPS) is 18.5. The zero-order chi connectivity index (χ0) is 22.1. The van der Waals surface area contributed by atoms with Crippen molar-refractivity contribution in [1.82, 2.24) is 19.4 Å². The zero-order valence-corrected chi connectivity index (χ0v) is 17.5. The van der Waals surface area contributed by atoms with Gasteiger partial charge in [-0.1, -0.05) is 18.2 Å². The molecule has 1 aliphatic carbocycles. The number of carbonyl (C=O) groups is 1. The highest BCUT2D eigenvalue weighted by Crippen LogP contribution is 2.36. The number of hydrogen-bond donors (Lipinski definition) is 3. The van der Waals surface area contributed by atoms with E-state index in [0.717, 1.165) is 48.3 Å². The van der Waals surface area contributed by atoms with Crippen LogP contribution < -0.4 is 11.1 Å². The van der Waals surface area contributed by atoms with Crippen LogP contribution in [0.15, 0.2) is 61.1 Å². The summed E-state index contributed by atoms with van der Waals surface area (Å²) in [6, 6.07) is 12.6. The molecule has 162 valence electrons. The van der Waals surface area contributed by atoms with Gasteiger partial charge in [0.15, 0.2) is 0 Å². The van der Waals surface area contributed by atoms with Crippen LogP contribution >= 0.6 is 0 Å². The molecule has 0 saturated heterocycles. The van der Waals surface area contributed by atoms with Crippen molar-refractivity contribution in [2.24, 2.45) is 0 Å². The molecule has 0 radical (unpaired) electrons. The van der Waals surface area contributed by atoms with Crippen molar-refractivity contribution in [2.45, 2.75) is 37.7 Å². The van der Waals surface area contributed by atoms with Crippen LogP contribution in [-0.2, 0) is 0 Å². The van der Waals surface area contributed by atoms with E-state index in [1.807, 2.05) is 28.8 Å². The van der Waals surface area contributed by atoms with Crippen molar-refractivity contribution >= 4 is 23.1 Å². The number of rotatable bonds is 4. The maximum atomic E-state index is 12.5. The van der Waals surface area contributed by atoms with Crippen molar-refractivity contribution in [2.75, 3.05) is 11.1 Å². The molecule has 8 heteroatoms. The molecule has 4 aromatic rings. The molecule has 3 aromatic heterocycles. The van der Waals surface area contributed by atoms with Crippen LogP contribution in [0.2, 0.25) is 0 Å². The van der Waals surface area contributed by atoms with Gasteiger partial charge in [0.2, 0.25) is 0 Å². The average Bonchev–Trinajstić information content (AvgIpc) is 3.21. The van der Waals surface area contributed by atoms with E-state index in [4.69, 9.17) is 10.7 Å². The van der Waals surface area contributed by atoms with Crippen molar-refractivity contribution in [3.05, 3.63) is 72.4 Å². The lowest BCUT2D eigenvalue weighted by Crippen LogP contribution is -2.18. The molecule has 32 heavy (non-hydrogen) atoms. The highest BCUT2D eigenvalue weighted by atomic mass is 16.3. The maximum Gasteiger partial charge on any atom is 0.256 e. The minimum atomic E-state index is -0.229. The van der Waals surface area contributed by atoms with Crippen molar-refractivity contribution < 1.29 is 9.90 Å². The lowest BCUT2D eigenvalue weighted by atomic mass is 9.87. The molecule has 1 saturated carbocycles. The number of pyridine rings is 1. The number of nitrogens with zero attached hydrogens (tertiary/aromatic N) is 4.